The van der Waals surface area contributed by atoms with Crippen molar-refractivity contribution in [1.29, 1.82) is 0 Å². The molecule has 0 radical (unpaired) electrons. The van der Waals surface area contributed by atoms with Gasteiger partial charge in [0.2, 0.25) is 0 Å². The zero-order chi connectivity index (χ0) is 23.1. The number of benzene rings is 1. The van der Waals surface area contributed by atoms with Crippen LogP contribution < -0.4 is 15.9 Å². The summed E-state index contributed by atoms with van der Waals surface area (Å²) < 4.78 is 58.0. The topological polar surface area (TPSA) is 66.0 Å². The van der Waals surface area contributed by atoms with E-state index in [4.69, 9.17) is 4.74 Å². The fraction of sp³-hybridized carbons (Fsp3) is 0.571. The lowest BCUT2D eigenvalue weighted by atomic mass is 10.2. The molecule has 1 aromatic carbocycles. The van der Waals surface area contributed by atoms with E-state index >= 15 is 0 Å². The summed E-state index contributed by atoms with van der Waals surface area (Å²) in [5.41, 5.74) is -0.0877. The summed E-state index contributed by atoms with van der Waals surface area (Å²) in [4.78, 5) is 6.36. The lowest BCUT2D eigenvalue weighted by Gasteiger charge is -2.26. The van der Waals surface area contributed by atoms with Crippen LogP contribution in [0.3, 0.4) is 0 Å². The van der Waals surface area contributed by atoms with Gasteiger partial charge in [0.15, 0.2) is 0 Å². The molecule has 174 valence electrons. The number of hydrogen-bond acceptors (Lipinski definition) is 5. The highest BCUT2D eigenvalue weighted by Crippen LogP contribution is 2.34. The lowest BCUT2D eigenvalue weighted by molar-refractivity contribution is -0.0865. The molecule has 6 nitrogen and oxygen atoms in total. The summed E-state index contributed by atoms with van der Waals surface area (Å²) in [5, 5.41) is 6.72. The van der Waals surface area contributed by atoms with Crippen molar-refractivity contribution in [2.75, 3.05) is 58.0 Å². The van der Waals surface area contributed by atoms with Gasteiger partial charge in [0, 0.05) is 30.6 Å². The highest BCUT2D eigenvalue weighted by molar-refractivity contribution is 7.70. The molecule has 0 bridgehead atoms. The van der Waals surface area contributed by atoms with E-state index in [0.29, 0.717) is 25.4 Å². The third-order valence-electron chi connectivity index (χ3n) is 4.86. The second kappa shape index (κ2) is 11.2. The lowest BCUT2D eigenvalue weighted by Crippen LogP contribution is -2.42. The Bertz CT molecular complexity index is 813. The maximum absolute atomic E-state index is 13.5. The molecule has 0 spiro atoms. The van der Waals surface area contributed by atoms with Crippen LogP contribution in [0.4, 0.5) is 18.9 Å². The average Bonchev–Trinajstić information content (AvgIpc) is 2.67. The SMILES string of the molecule is C/C=C(\C(=NCCN1CCOCC1)NC(C)Nc1ccc(P(C)(C)=O)cc1)C(F)(F)F. The molecule has 1 fully saturated rings. The summed E-state index contributed by atoms with van der Waals surface area (Å²) in [6.45, 7) is 10.0. The van der Waals surface area contributed by atoms with Gasteiger partial charge in [-0.1, -0.05) is 6.08 Å². The number of hydrogen-bond donors (Lipinski definition) is 2. The van der Waals surface area contributed by atoms with Crippen molar-refractivity contribution in [3.63, 3.8) is 0 Å². The highest BCUT2D eigenvalue weighted by Gasteiger charge is 2.36. The Balaban J connectivity index is 2.08. The van der Waals surface area contributed by atoms with Crippen molar-refractivity contribution in [2.24, 2.45) is 4.99 Å². The van der Waals surface area contributed by atoms with E-state index in [0.717, 1.165) is 24.5 Å². The summed E-state index contributed by atoms with van der Waals surface area (Å²) in [6, 6.07) is 7.06. The molecule has 0 aromatic heterocycles. The predicted molar refractivity (Wildman–Crippen MR) is 121 cm³/mol. The number of anilines is 1. The largest absolute Gasteiger partial charge is 0.419 e. The number of allylic oxidation sites excluding steroid dienone is 1. The molecule has 2 rings (SSSR count). The van der Waals surface area contributed by atoms with Crippen LogP contribution in [0, 0.1) is 0 Å². The molecular weight excluding hydrogens is 428 g/mol. The van der Waals surface area contributed by atoms with E-state index in [-0.39, 0.29) is 12.4 Å². The number of amidine groups is 1. The molecule has 1 heterocycles. The molecule has 31 heavy (non-hydrogen) atoms. The Morgan fingerprint density at radius 2 is 1.87 bits per heavy atom. The van der Waals surface area contributed by atoms with Crippen LogP contribution in [-0.4, -0.2) is 75.8 Å². The fourth-order valence-electron chi connectivity index (χ4n) is 3.18. The average molecular weight is 460 g/mol. The Morgan fingerprint density at radius 1 is 1.26 bits per heavy atom. The fourth-order valence-corrected chi connectivity index (χ4v) is 4.05. The first kappa shape index (κ1) is 25.4. The standard InChI is InChI=1S/C21H32F3N4O2P/c1-5-19(21(22,23)24)20(25-10-11-28-12-14-30-15-13-28)27-16(2)26-17-6-8-18(9-7-17)31(3,4)29/h5-9,16,26H,10-15H2,1-4H3,(H,25,27)/b19-5+. The van der Waals surface area contributed by atoms with E-state index in [1.807, 2.05) is 0 Å². The van der Waals surface area contributed by atoms with Crippen molar-refractivity contribution in [3.8, 4) is 0 Å². The number of ether oxygens (including phenoxy) is 1. The number of nitrogens with zero attached hydrogens (tertiary/aromatic N) is 2. The Labute approximate surface area is 182 Å². The number of aliphatic imine (C=N–C) groups is 1. The Kier molecular flexibility index (Phi) is 9.15. The molecule has 1 aliphatic heterocycles. The van der Waals surface area contributed by atoms with Crippen LogP contribution >= 0.6 is 7.14 Å². The minimum Gasteiger partial charge on any atom is -0.379 e. The van der Waals surface area contributed by atoms with Gasteiger partial charge in [-0.05, 0) is 51.4 Å². The van der Waals surface area contributed by atoms with E-state index in [9.17, 15) is 17.7 Å². The minimum atomic E-state index is -4.51. The molecule has 1 atom stereocenters. The van der Waals surface area contributed by atoms with Gasteiger partial charge in [-0.15, -0.1) is 0 Å². The van der Waals surface area contributed by atoms with Crippen LogP contribution in [0.2, 0.25) is 0 Å². The third kappa shape index (κ3) is 8.31. The number of rotatable bonds is 8. The number of morpholine rings is 1. The molecule has 0 saturated carbocycles. The van der Waals surface area contributed by atoms with Gasteiger partial charge in [0.1, 0.15) is 13.0 Å². The van der Waals surface area contributed by atoms with Crippen LogP contribution in [0.25, 0.3) is 0 Å². The van der Waals surface area contributed by atoms with Gasteiger partial charge in [-0.25, -0.2) is 0 Å². The van der Waals surface area contributed by atoms with Crippen molar-refractivity contribution < 1.29 is 22.5 Å². The Morgan fingerprint density at radius 3 is 2.39 bits per heavy atom. The zero-order valence-electron chi connectivity index (χ0n) is 18.5. The van der Waals surface area contributed by atoms with Crippen molar-refractivity contribution >= 4 is 24.0 Å². The smallest absolute Gasteiger partial charge is 0.379 e. The van der Waals surface area contributed by atoms with Crippen molar-refractivity contribution in [2.45, 2.75) is 26.2 Å². The highest BCUT2D eigenvalue weighted by atomic mass is 31.2. The molecule has 1 saturated heterocycles. The maximum atomic E-state index is 13.5. The molecule has 1 aliphatic rings. The second-order valence-corrected chi connectivity index (χ2v) is 11.0. The summed E-state index contributed by atoms with van der Waals surface area (Å²) in [6.07, 6.45) is -3.99. The molecule has 0 aliphatic carbocycles. The maximum Gasteiger partial charge on any atom is 0.419 e. The van der Waals surface area contributed by atoms with E-state index < -0.39 is 25.1 Å². The van der Waals surface area contributed by atoms with Gasteiger partial charge in [0.25, 0.3) is 0 Å². The number of nitrogens with one attached hydrogen (secondary N) is 2. The zero-order valence-corrected chi connectivity index (χ0v) is 19.4. The number of alkyl halides is 3. The van der Waals surface area contributed by atoms with E-state index in [1.54, 1.807) is 44.5 Å². The molecular formula is C21H32F3N4O2P. The summed E-state index contributed by atoms with van der Waals surface area (Å²) in [5.74, 6) is -0.188. The van der Waals surface area contributed by atoms with Crippen LogP contribution in [0.15, 0.2) is 40.9 Å². The van der Waals surface area contributed by atoms with Crippen LogP contribution in [0.5, 0.6) is 0 Å². The van der Waals surface area contributed by atoms with Crippen molar-refractivity contribution in [3.05, 3.63) is 35.9 Å². The van der Waals surface area contributed by atoms with Gasteiger partial charge in [-0.3, -0.25) is 9.89 Å². The molecule has 10 heteroatoms. The van der Waals surface area contributed by atoms with Crippen LogP contribution in [-0.2, 0) is 9.30 Å². The van der Waals surface area contributed by atoms with E-state index in [1.165, 1.54) is 6.92 Å². The predicted octanol–water partition coefficient (Wildman–Crippen LogP) is 3.52. The molecule has 0 amide bonds. The first-order valence-electron chi connectivity index (χ1n) is 10.3. The van der Waals surface area contributed by atoms with E-state index in [2.05, 4.69) is 20.5 Å². The second-order valence-electron chi connectivity index (χ2n) is 7.79. The quantitative estimate of drug-likeness (QED) is 0.269. The third-order valence-corrected chi connectivity index (χ3v) is 6.41. The minimum absolute atomic E-state index is 0.188. The normalized spacial score (nSPS) is 18.0. The van der Waals surface area contributed by atoms with Gasteiger partial charge in [0.05, 0.1) is 31.5 Å². The Hall–Kier alpha value is -1.83. The summed E-state index contributed by atoms with van der Waals surface area (Å²) in [7, 11) is -2.36. The monoisotopic (exact) mass is 460 g/mol. The summed E-state index contributed by atoms with van der Waals surface area (Å²) >= 11 is 0. The van der Waals surface area contributed by atoms with Gasteiger partial charge < -0.3 is 19.9 Å². The molecule has 1 unspecified atom stereocenters. The molecule has 2 N–H and O–H groups in total. The first-order valence-corrected chi connectivity index (χ1v) is 12.9. The van der Waals surface area contributed by atoms with Crippen molar-refractivity contribution in [1.82, 2.24) is 10.2 Å². The molecule has 1 aromatic rings. The first-order chi connectivity index (χ1) is 14.5. The van der Waals surface area contributed by atoms with Gasteiger partial charge in [-0.2, -0.15) is 13.2 Å². The van der Waals surface area contributed by atoms with Gasteiger partial charge >= 0.3 is 6.18 Å². The number of halogens is 3. The van der Waals surface area contributed by atoms with Crippen LogP contribution in [0.1, 0.15) is 13.8 Å².